The van der Waals surface area contributed by atoms with Gasteiger partial charge in [-0.25, -0.2) is 0 Å². The summed E-state index contributed by atoms with van der Waals surface area (Å²) in [6.45, 7) is 1.95. The first kappa shape index (κ1) is 17.5. The second kappa shape index (κ2) is 7.03. The fourth-order valence-corrected chi connectivity index (χ4v) is 3.78. The lowest BCUT2D eigenvalue weighted by molar-refractivity contribution is -0.116. The first-order valence-electron chi connectivity index (χ1n) is 8.52. The average molecular weight is 381 g/mol. The van der Waals surface area contributed by atoms with Crippen LogP contribution in [0.15, 0.2) is 41.3 Å². The smallest absolute Gasteiger partial charge is 0.233 e. The Morgan fingerprint density at radius 3 is 2.59 bits per heavy atom. The predicted molar refractivity (Wildman–Crippen MR) is 104 cm³/mol. The van der Waals surface area contributed by atoms with E-state index in [4.69, 9.17) is 4.74 Å². The molecule has 8 heteroatoms. The molecule has 1 amide bonds. The lowest BCUT2D eigenvalue weighted by atomic mass is 9.86. The van der Waals surface area contributed by atoms with Gasteiger partial charge in [0.15, 0.2) is 5.82 Å². The number of ether oxygens (including phenoxy) is 1. The fraction of sp³-hybridized carbons (Fsp3) is 0.263. The van der Waals surface area contributed by atoms with Crippen LogP contribution in [0.3, 0.4) is 0 Å². The summed E-state index contributed by atoms with van der Waals surface area (Å²) < 4.78 is 6.70. The number of hydrogen-bond donors (Lipinski definition) is 1. The monoisotopic (exact) mass is 381 g/mol. The molecular weight excluding hydrogens is 362 g/mol. The predicted octanol–water partition coefficient (Wildman–Crippen LogP) is 3.18. The second-order valence-electron chi connectivity index (χ2n) is 6.27. The lowest BCUT2D eigenvalue weighted by Crippen LogP contribution is -2.25. The van der Waals surface area contributed by atoms with Crippen LogP contribution in [-0.2, 0) is 4.79 Å². The van der Waals surface area contributed by atoms with E-state index in [9.17, 15) is 4.79 Å². The molecule has 0 saturated heterocycles. The third kappa shape index (κ3) is 3.16. The molecule has 3 heterocycles. The van der Waals surface area contributed by atoms with Gasteiger partial charge >= 0.3 is 0 Å². The normalized spacial score (nSPS) is 16.0. The highest BCUT2D eigenvalue weighted by Crippen LogP contribution is 2.40. The molecule has 1 aliphatic heterocycles. The number of rotatable bonds is 4. The number of carbonyl (C=O) groups excluding carboxylic acids is 1. The quantitative estimate of drug-likeness (QED) is 0.699. The van der Waals surface area contributed by atoms with Gasteiger partial charge in [0.05, 0.1) is 12.8 Å². The molecule has 0 fully saturated rings. The van der Waals surface area contributed by atoms with E-state index < -0.39 is 0 Å². The maximum Gasteiger partial charge on any atom is 0.233 e. The topological polar surface area (TPSA) is 81.9 Å². The Bertz CT molecular complexity index is 983. The van der Waals surface area contributed by atoms with Crippen molar-refractivity contribution in [2.45, 2.75) is 24.2 Å². The number of nitrogens with one attached hydrogen (secondary N) is 1. The van der Waals surface area contributed by atoms with Crippen molar-refractivity contribution in [3.63, 3.8) is 0 Å². The third-order valence-corrected chi connectivity index (χ3v) is 5.42. The fourth-order valence-electron chi connectivity index (χ4n) is 3.37. The van der Waals surface area contributed by atoms with Crippen LogP contribution in [-0.4, -0.2) is 39.3 Å². The average Bonchev–Trinajstić information content (AvgIpc) is 3.04. The molecule has 27 heavy (non-hydrogen) atoms. The van der Waals surface area contributed by atoms with Crippen LogP contribution in [0.4, 0.5) is 5.82 Å². The van der Waals surface area contributed by atoms with Gasteiger partial charge in [0, 0.05) is 28.9 Å². The summed E-state index contributed by atoms with van der Waals surface area (Å²) in [7, 11) is 1.54. The highest BCUT2D eigenvalue weighted by molar-refractivity contribution is 7.98. The number of amides is 1. The number of benzene rings is 1. The van der Waals surface area contributed by atoms with Crippen LogP contribution < -0.4 is 10.1 Å². The van der Waals surface area contributed by atoms with Crippen LogP contribution >= 0.6 is 11.8 Å². The van der Waals surface area contributed by atoms with Crippen molar-refractivity contribution in [2.24, 2.45) is 0 Å². The Labute approximate surface area is 161 Å². The van der Waals surface area contributed by atoms with Gasteiger partial charge in [-0.05, 0) is 36.9 Å². The van der Waals surface area contributed by atoms with Crippen molar-refractivity contribution in [1.29, 1.82) is 0 Å². The van der Waals surface area contributed by atoms with Crippen molar-refractivity contribution in [1.82, 2.24) is 20.0 Å². The lowest BCUT2D eigenvalue weighted by Gasteiger charge is -2.24. The largest absolute Gasteiger partial charge is 0.480 e. The number of methoxy groups -OCH3 is 1. The first-order valence-corrected chi connectivity index (χ1v) is 9.74. The molecule has 0 aliphatic carbocycles. The Hall–Kier alpha value is -2.87. The van der Waals surface area contributed by atoms with Gasteiger partial charge in [0.2, 0.25) is 11.8 Å². The number of thioether (sulfide) groups is 1. The van der Waals surface area contributed by atoms with E-state index in [1.165, 1.54) is 12.0 Å². The van der Waals surface area contributed by atoms with E-state index in [1.807, 2.05) is 13.2 Å². The van der Waals surface area contributed by atoms with Gasteiger partial charge in [0.25, 0.3) is 0 Å². The molecule has 7 nitrogen and oxygen atoms in total. The molecule has 4 rings (SSSR count). The molecule has 1 aliphatic rings. The summed E-state index contributed by atoms with van der Waals surface area (Å²) in [5.74, 6) is 1.53. The van der Waals surface area contributed by atoms with E-state index in [1.54, 1.807) is 28.6 Å². The number of anilines is 1. The number of aromatic nitrogens is 4. The molecule has 1 aromatic carbocycles. The number of hydrogen-bond acceptors (Lipinski definition) is 6. The zero-order valence-electron chi connectivity index (χ0n) is 15.3. The summed E-state index contributed by atoms with van der Waals surface area (Å²) in [5.41, 5.74) is 2.98. The molecule has 3 aromatic rings. The van der Waals surface area contributed by atoms with Gasteiger partial charge in [0.1, 0.15) is 5.82 Å². The van der Waals surface area contributed by atoms with E-state index in [0.717, 1.165) is 16.8 Å². The highest BCUT2D eigenvalue weighted by atomic mass is 32.2. The Morgan fingerprint density at radius 1 is 1.19 bits per heavy atom. The number of nitrogens with zero attached hydrogens (tertiary/aromatic N) is 4. The third-order valence-electron chi connectivity index (χ3n) is 4.67. The van der Waals surface area contributed by atoms with E-state index in [-0.39, 0.29) is 11.8 Å². The van der Waals surface area contributed by atoms with Crippen LogP contribution in [0, 0.1) is 6.92 Å². The van der Waals surface area contributed by atoms with E-state index >= 15 is 0 Å². The molecule has 0 spiro atoms. The van der Waals surface area contributed by atoms with Crippen molar-refractivity contribution in [3.8, 4) is 11.7 Å². The molecule has 0 radical (unpaired) electrons. The maximum absolute atomic E-state index is 12.4. The summed E-state index contributed by atoms with van der Waals surface area (Å²) in [6.07, 6.45) is 2.44. The van der Waals surface area contributed by atoms with Crippen LogP contribution in [0.2, 0.25) is 0 Å². The van der Waals surface area contributed by atoms with Gasteiger partial charge in [-0.1, -0.05) is 12.1 Å². The molecular formula is C19H19N5O2S. The minimum absolute atomic E-state index is 0.0374. The standard InChI is InChI=1S/C19H19N5O2S/c1-11-18-14(12-4-6-13(27-3)7-5-12)10-16(25)20-19(18)24(23-11)15-8-9-17(26-2)22-21-15/h4-9,14H,10H2,1-3H3,(H,20,25). The van der Waals surface area contributed by atoms with E-state index in [0.29, 0.717) is 23.9 Å². The summed E-state index contributed by atoms with van der Waals surface area (Å²) >= 11 is 1.70. The molecule has 1 unspecified atom stereocenters. The summed E-state index contributed by atoms with van der Waals surface area (Å²) in [5, 5.41) is 15.7. The zero-order chi connectivity index (χ0) is 19.0. The van der Waals surface area contributed by atoms with Gasteiger partial charge in [-0.15, -0.1) is 22.0 Å². The summed E-state index contributed by atoms with van der Waals surface area (Å²) in [4.78, 5) is 13.6. The van der Waals surface area contributed by atoms with Crippen molar-refractivity contribution in [2.75, 3.05) is 18.7 Å². The molecule has 138 valence electrons. The number of fused-ring (bicyclic) bond motifs is 1. The first-order chi connectivity index (χ1) is 13.1. The molecule has 2 aromatic heterocycles. The number of aryl methyl sites for hydroxylation is 1. The molecule has 0 bridgehead atoms. The SMILES string of the molecule is COc1ccc(-n2nc(C)c3c2NC(=O)CC3c2ccc(SC)cc2)nn1. The minimum Gasteiger partial charge on any atom is -0.480 e. The minimum atomic E-state index is -0.0379. The highest BCUT2D eigenvalue weighted by Gasteiger charge is 2.32. The molecule has 1 N–H and O–H groups in total. The van der Waals surface area contributed by atoms with Crippen LogP contribution in [0.25, 0.3) is 5.82 Å². The Kier molecular flexibility index (Phi) is 4.57. The zero-order valence-corrected chi connectivity index (χ0v) is 16.1. The maximum atomic E-state index is 12.4. The van der Waals surface area contributed by atoms with Crippen molar-refractivity contribution < 1.29 is 9.53 Å². The van der Waals surface area contributed by atoms with Crippen molar-refractivity contribution >= 4 is 23.5 Å². The van der Waals surface area contributed by atoms with Gasteiger partial charge in [-0.2, -0.15) is 9.78 Å². The van der Waals surface area contributed by atoms with Crippen LogP contribution in [0.1, 0.15) is 29.2 Å². The van der Waals surface area contributed by atoms with E-state index in [2.05, 4.69) is 44.9 Å². The van der Waals surface area contributed by atoms with Gasteiger partial charge < -0.3 is 10.1 Å². The van der Waals surface area contributed by atoms with Gasteiger partial charge in [-0.3, -0.25) is 4.79 Å². The second-order valence-corrected chi connectivity index (χ2v) is 7.15. The molecule has 0 saturated carbocycles. The van der Waals surface area contributed by atoms with Crippen LogP contribution in [0.5, 0.6) is 5.88 Å². The molecule has 1 atom stereocenters. The number of carbonyl (C=O) groups is 1. The van der Waals surface area contributed by atoms with Crippen molar-refractivity contribution in [3.05, 3.63) is 53.2 Å². The Morgan fingerprint density at radius 2 is 1.96 bits per heavy atom. The Balaban J connectivity index is 1.79. The summed E-state index contributed by atoms with van der Waals surface area (Å²) in [6, 6.07) is 11.8.